The lowest BCUT2D eigenvalue weighted by Crippen LogP contribution is -2.49. The van der Waals surface area contributed by atoms with Crippen molar-refractivity contribution >= 4 is 10.0 Å². The maximum atomic E-state index is 11.9. The van der Waals surface area contributed by atoms with E-state index >= 15 is 0 Å². The third-order valence-electron chi connectivity index (χ3n) is 3.39. The molecule has 0 aromatic carbocycles. The van der Waals surface area contributed by atoms with E-state index in [0.29, 0.717) is 18.3 Å². The Morgan fingerprint density at radius 2 is 2.00 bits per heavy atom. The van der Waals surface area contributed by atoms with Crippen LogP contribution in [-0.2, 0) is 10.0 Å². The van der Waals surface area contributed by atoms with Crippen molar-refractivity contribution in [1.29, 1.82) is 0 Å². The van der Waals surface area contributed by atoms with Gasteiger partial charge in [0.1, 0.15) is 0 Å². The van der Waals surface area contributed by atoms with Crippen LogP contribution < -0.4 is 5.32 Å². The summed E-state index contributed by atoms with van der Waals surface area (Å²) in [6, 6.07) is 0.722. The third-order valence-corrected chi connectivity index (χ3v) is 5.54. The number of hydrogen-bond acceptors (Lipinski definition) is 3. The van der Waals surface area contributed by atoms with E-state index in [-0.39, 0.29) is 12.0 Å². The van der Waals surface area contributed by atoms with Gasteiger partial charge in [-0.05, 0) is 25.7 Å². The van der Waals surface area contributed by atoms with Crippen LogP contribution in [0.1, 0.15) is 26.7 Å². The molecule has 1 N–H and O–H groups in total. The van der Waals surface area contributed by atoms with Crippen LogP contribution in [0.2, 0.25) is 0 Å². The minimum absolute atomic E-state index is 0.191. The van der Waals surface area contributed by atoms with Crippen LogP contribution in [0, 0.1) is 5.92 Å². The van der Waals surface area contributed by atoms with Crippen molar-refractivity contribution < 1.29 is 8.42 Å². The Balaban J connectivity index is 2.05. The van der Waals surface area contributed by atoms with Gasteiger partial charge in [-0.15, -0.1) is 0 Å². The number of hydrogen-bond donors (Lipinski definition) is 1. The quantitative estimate of drug-likeness (QED) is 0.712. The summed E-state index contributed by atoms with van der Waals surface area (Å²) in [5, 5.41) is 3.36. The van der Waals surface area contributed by atoms with Gasteiger partial charge in [-0.25, -0.2) is 8.42 Å². The lowest BCUT2D eigenvalue weighted by Gasteiger charge is -2.33. The van der Waals surface area contributed by atoms with Crippen molar-refractivity contribution in [3.05, 3.63) is 0 Å². The molecule has 0 aliphatic carbocycles. The SMILES string of the molecule is CC1CN(C2CCC(C)NC2)S(=O)(=O)C1. The molecule has 0 spiro atoms. The maximum absolute atomic E-state index is 11.9. The highest BCUT2D eigenvalue weighted by atomic mass is 32.2. The van der Waals surface area contributed by atoms with Gasteiger partial charge in [0.25, 0.3) is 0 Å². The average molecular weight is 232 g/mol. The van der Waals surface area contributed by atoms with Crippen LogP contribution in [0.15, 0.2) is 0 Å². The zero-order valence-electron chi connectivity index (χ0n) is 9.44. The monoisotopic (exact) mass is 232 g/mol. The van der Waals surface area contributed by atoms with Gasteiger partial charge in [0.2, 0.25) is 10.0 Å². The van der Waals surface area contributed by atoms with Crippen molar-refractivity contribution in [2.45, 2.75) is 38.8 Å². The molecule has 4 nitrogen and oxygen atoms in total. The lowest BCUT2D eigenvalue weighted by molar-refractivity contribution is 0.245. The molecule has 2 aliphatic heterocycles. The van der Waals surface area contributed by atoms with E-state index in [0.717, 1.165) is 19.4 Å². The molecule has 0 saturated carbocycles. The molecule has 0 aromatic heterocycles. The molecule has 15 heavy (non-hydrogen) atoms. The van der Waals surface area contributed by atoms with Crippen molar-refractivity contribution in [3.63, 3.8) is 0 Å². The van der Waals surface area contributed by atoms with Gasteiger partial charge >= 0.3 is 0 Å². The lowest BCUT2D eigenvalue weighted by atomic mass is 10.0. The number of piperidine rings is 1. The van der Waals surface area contributed by atoms with Crippen LogP contribution >= 0.6 is 0 Å². The number of nitrogens with zero attached hydrogens (tertiary/aromatic N) is 1. The van der Waals surface area contributed by atoms with Gasteiger partial charge in [-0.1, -0.05) is 6.92 Å². The van der Waals surface area contributed by atoms with E-state index in [2.05, 4.69) is 12.2 Å². The molecule has 0 aromatic rings. The van der Waals surface area contributed by atoms with Crippen LogP contribution in [0.3, 0.4) is 0 Å². The molecule has 2 fully saturated rings. The summed E-state index contributed by atoms with van der Waals surface area (Å²) in [6.07, 6.45) is 2.07. The fourth-order valence-corrected chi connectivity index (χ4v) is 4.67. The Hall–Kier alpha value is -0.130. The van der Waals surface area contributed by atoms with E-state index in [1.165, 1.54) is 0 Å². The fraction of sp³-hybridized carbons (Fsp3) is 1.00. The molecule has 0 radical (unpaired) electrons. The first-order valence-electron chi connectivity index (χ1n) is 5.72. The second-order valence-electron chi connectivity index (χ2n) is 4.99. The summed E-state index contributed by atoms with van der Waals surface area (Å²) < 4.78 is 25.4. The van der Waals surface area contributed by atoms with Gasteiger partial charge in [0, 0.05) is 25.2 Å². The third kappa shape index (κ3) is 2.34. The smallest absolute Gasteiger partial charge is 0.214 e. The molecule has 0 bridgehead atoms. The van der Waals surface area contributed by atoms with E-state index in [9.17, 15) is 8.42 Å². The highest BCUT2D eigenvalue weighted by Gasteiger charge is 2.39. The molecule has 2 aliphatic rings. The second kappa shape index (κ2) is 4.03. The van der Waals surface area contributed by atoms with Crippen molar-refractivity contribution in [1.82, 2.24) is 9.62 Å². The van der Waals surface area contributed by atoms with E-state index in [1.54, 1.807) is 4.31 Å². The molecular formula is C10H20N2O2S. The number of nitrogens with one attached hydrogen (secondary N) is 1. The predicted octanol–water partition coefficient (Wildman–Crippen LogP) is 0.408. The molecule has 3 unspecified atom stereocenters. The fourth-order valence-electron chi connectivity index (χ4n) is 2.53. The standard InChI is InChI=1S/C10H20N2O2S/c1-8-6-12(15(13,14)7-8)10-4-3-9(2)11-5-10/h8-11H,3-7H2,1-2H3. The van der Waals surface area contributed by atoms with E-state index in [4.69, 9.17) is 0 Å². The normalized spacial score (nSPS) is 41.9. The van der Waals surface area contributed by atoms with Crippen LogP contribution in [0.4, 0.5) is 0 Å². The molecular weight excluding hydrogens is 212 g/mol. The van der Waals surface area contributed by atoms with Gasteiger partial charge in [-0.3, -0.25) is 0 Å². The molecule has 0 amide bonds. The van der Waals surface area contributed by atoms with Crippen molar-refractivity contribution in [2.24, 2.45) is 5.92 Å². The van der Waals surface area contributed by atoms with Gasteiger partial charge in [-0.2, -0.15) is 4.31 Å². The molecule has 2 heterocycles. The van der Waals surface area contributed by atoms with Crippen molar-refractivity contribution in [3.8, 4) is 0 Å². The summed E-state index contributed by atoms with van der Waals surface area (Å²) in [4.78, 5) is 0. The summed E-state index contributed by atoms with van der Waals surface area (Å²) in [6.45, 7) is 5.68. The Bertz CT molecular complexity index is 320. The average Bonchev–Trinajstić information content (AvgIpc) is 2.41. The Kier molecular flexibility index (Phi) is 3.05. The number of sulfonamides is 1. The summed E-state index contributed by atoms with van der Waals surface area (Å²) in [5.41, 5.74) is 0. The molecule has 2 rings (SSSR count). The van der Waals surface area contributed by atoms with E-state index in [1.807, 2.05) is 6.92 Å². The summed E-state index contributed by atoms with van der Waals surface area (Å²) in [5.74, 6) is 0.619. The molecule has 2 saturated heterocycles. The first-order valence-corrected chi connectivity index (χ1v) is 7.33. The highest BCUT2D eigenvalue weighted by Crippen LogP contribution is 2.25. The molecule has 5 heteroatoms. The summed E-state index contributed by atoms with van der Waals surface area (Å²) in [7, 11) is -2.96. The number of rotatable bonds is 1. The Labute approximate surface area is 92.1 Å². The van der Waals surface area contributed by atoms with Crippen LogP contribution in [0.5, 0.6) is 0 Å². The Morgan fingerprint density at radius 3 is 2.47 bits per heavy atom. The first-order chi connectivity index (χ1) is 6.99. The molecule has 88 valence electrons. The minimum atomic E-state index is -2.96. The second-order valence-corrected chi connectivity index (χ2v) is 6.96. The van der Waals surface area contributed by atoms with Crippen LogP contribution in [-0.4, -0.2) is 43.6 Å². The first kappa shape index (κ1) is 11.4. The predicted molar refractivity (Wildman–Crippen MR) is 60.1 cm³/mol. The zero-order chi connectivity index (χ0) is 11.1. The maximum Gasteiger partial charge on any atom is 0.214 e. The van der Waals surface area contributed by atoms with Crippen molar-refractivity contribution in [2.75, 3.05) is 18.8 Å². The summed E-state index contributed by atoms with van der Waals surface area (Å²) >= 11 is 0. The van der Waals surface area contributed by atoms with Gasteiger partial charge < -0.3 is 5.32 Å². The van der Waals surface area contributed by atoms with E-state index < -0.39 is 10.0 Å². The molecule has 3 atom stereocenters. The largest absolute Gasteiger partial charge is 0.313 e. The highest BCUT2D eigenvalue weighted by molar-refractivity contribution is 7.89. The minimum Gasteiger partial charge on any atom is -0.313 e. The van der Waals surface area contributed by atoms with Gasteiger partial charge in [0.05, 0.1) is 5.75 Å². The topological polar surface area (TPSA) is 49.4 Å². The van der Waals surface area contributed by atoms with Crippen LogP contribution in [0.25, 0.3) is 0 Å². The van der Waals surface area contributed by atoms with Gasteiger partial charge in [0.15, 0.2) is 0 Å². The Morgan fingerprint density at radius 1 is 1.27 bits per heavy atom. The zero-order valence-corrected chi connectivity index (χ0v) is 10.3.